The average Bonchev–Trinajstić information content (AvgIpc) is 3.09. The Morgan fingerprint density at radius 3 is 2.67 bits per heavy atom. The largest absolute Gasteiger partial charge is 0.387 e. The summed E-state index contributed by atoms with van der Waals surface area (Å²) in [5, 5.41) is 9.82. The first-order chi connectivity index (χ1) is 7.23. The number of ether oxygens (including phenoxy) is 1. The number of nitrogens with two attached hydrogens (primary N) is 1. The molecule has 0 spiro atoms. The minimum absolute atomic E-state index is 0.160. The van der Waals surface area contributed by atoms with Gasteiger partial charge in [0.25, 0.3) is 0 Å². The third-order valence-electron chi connectivity index (χ3n) is 3.13. The van der Waals surface area contributed by atoms with Gasteiger partial charge in [0.1, 0.15) is 0 Å². The summed E-state index contributed by atoms with van der Waals surface area (Å²) in [6.45, 7) is 0.247. The zero-order chi connectivity index (χ0) is 10.9. The second-order valence-corrected chi connectivity index (χ2v) is 4.04. The van der Waals surface area contributed by atoms with E-state index in [9.17, 15) is 5.11 Å². The van der Waals surface area contributed by atoms with Gasteiger partial charge in [-0.25, -0.2) is 0 Å². The number of aliphatic hydroxyl groups excluding tert-OH is 1. The van der Waals surface area contributed by atoms with Crippen molar-refractivity contribution in [1.82, 2.24) is 0 Å². The lowest BCUT2D eigenvalue weighted by atomic mass is 9.96. The molecule has 15 heavy (non-hydrogen) atoms. The first kappa shape index (κ1) is 10.6. The molecule has 0 amide bonds. The fraction of sp³-hybridized carbons (Fsp3) is 0.500. The molecule has 3 nitrogen and oxygen atoms in total. The normalized spacial score (nSPS) is 19.9. The van der Waals surface area contributed by atoms with E-state index in [2.05, 4.69) is 0 Å². The second kappa shape index (κ2) is 3.93. The summed E-state index contributed by atoms with van der Waals surface area (Å²) in [6, 6.07) is 7.83. The highest BCUT2D eigenvalue weighted by Crippen LogP contribution is 2.50. The van der Waals surface area contributed by atoms with Crippen molar-refractivity contribution in [1.29, 1.82) is 0 Å². The first-order valence-corrected chi connectivity index (χ1v) is 5.26. The highest BCUT2D eigenvalue weighted by molar-refractivity contribution is 5.37. The third kappa shape index (κ3) is 1.78. The molecule has 1 aromatic rings. The molecule has 3 N–H and O–H groups in total. The Labute approximate surface area is 89.9 Å². The van der Waals surface area contributed by atoms with E-state index in [0.717, 1.165) is 24.0 Å². The van der Waals surface area contributed by atoms with E-state index in [0.29, 0.717) is 0 Å². The minimum Gasteiger partial charge on any atom is -0.387 e. The van der Waals surface area contributed by atoms with Crippen molar-refractivity contribution in [3.05, 3.63) is 35.4 Å². The van der Waals surface area contributed by atoms with Gasteiger partial charge in [-0.05, 0) is 24.0 Å². The summed E-state index contributed by atoms with van der Waals surface area (Å²) in [5.41, 5.74) is 7.32. The lowest BCUT2D eigenvalue weighted by molar-refractivity contribution is 0.0747. The second-order valence-electron chi connectivity index (χ2n) is 4.04. The topological polar surface area (TPSA) is 55.5 Å². The maximum atomic E-state index is 9.82. The third-order valence-corrected chi connectivity index (χ3v) is 3.13. The molecule has 0 heterocycles. The molecule has 2 rings (SSSR count). The summed E-state index contributed by atoms with van der Waals surface area (Å²) in [4.78, 5) is 0. The molecule has 82 valence electrons. The molecular formula is C12H17NO2. The number of methoxy groups -OCH3 is 1. The molecule has 1 aliphatic rings. The van der Waals surface area contributed by atoms with Crippen molar-refractivity contribution in [3.63, 3.8) is 0 Å². The molecule has 0 bridgehead atoms. The van der Waals surface area contributed by atoms with E-state index in [1.165, 1.54) is 0 Å². The van der Waals surface area contributed by atoms with E-state index in [-0.39, 0.29) is 12.1 Å². The highest BCUT2D eigenvalue weighted by atomic mass is 16.5. The van der Waals surface area contributed by atoms with E-state index >= 15 is 0 Å². The van der Waals surface area contributed by atoms with E-state index in [1.54, 1.807) is 7.11 Å². The molecular weight excluding hydrogens is 190 g/mol. The van der Waals surface area contributed by atoms with Gasteiger partial charge in [-0.15, -0.1) is 0 Å². The average molecular weight is 207 g/mol. The maximum absolute atomic E-state index is 9.82. The molecule has 1 aromatic carbocycles. The lowest BCUT2D eigenvalue weighted by Gasteiger charge is -2.20. The van der Waals surface area contributed by atoms with Gasteiger partial charge in [0.05, 0.1) is 11.7 Å². The Bertz CT molecular complexity index is 347. The van der Waals surface area contributed by atoms with Gasteiger partial charge in [-0.3, -0.25) is 0 Å². The van der Waals surface area contributed by atoms with Crippen molar-refractivity contribution in [2.24, 2.45) is 5.73 Å². The minimum atomic E-state index is -0.589. The van der Waals surface area contributed by atoms with E-state index < -0.39 is 6.10 Å². The molecule has 3 heteroatoms. The Morgan fingerprint density at radius 1 is 1.47 bits per heavy atom. The summed E-state index contributed by atoms with van der Waals surface area (Å²) >= 11 is 0. The number of rotatable bonds is 4. The van der Waals surface area contributed by atoms with Crippen molar-refractivity contribution in [3.8, 4) is 0 Å². The standard InChI is InChI=1S/C12H17NO2/c1-15-12(6-7-12)10-5-3-2-4-9(10)11(14)8-13/h2-5,11,14H,6-8,13H2,1H3. The van der Waals surface area contributed by atoms with Crippen LogP contribution >= 0.6 is 0 Å². The number of hydrogen-bond acceptors (Lipinski definition) is 3. The van der Waals surface area contributed by atoms with Crippen molar-refractivity contribution in [2.75, 3.05) is 13.7 Å². The van der Waals surface area contributed by atoms with Gasteiger partial charge in [-0.1, -0.05) is 24.3 Å². The van der Waals surface area contributed by atoms with Crippen LogP contribution in [0.1, 0.15) is 30.1 Å². The Balaban J connectivity index is 2.38. The van der Waals surface area contributed by atoms with Gasteiger partial charge in [-0.2, -0.15) is 0 Å². The van der Waals surface area contributed by atoms with Gasteiger partial charge in [0.15, 0.2) is 0 Å². The zero-order valence-electron chi connectivity index (χ0n) is 8.94. The van der Waals surface area contributed by atoms with Crippen LogP contribution in [-0.2, 0) is 10.3 Å². The summed E-state index contributed by atoms with van der Waals surface area (Å²) in [7, 11) is 1.72. The highest BCUT2D eigenvalue weighted by Gasteiger charge is 2.46. The molecule has 1 saturated carbocycles. The Hall–Kier alpha value is -0.900. The number of benzene rings is 1. The monoisotopic (exact) mass is 207 g/mol. The van der Waals surface area contributed by atoms with E-state index in [1.807, 2.05) is 24.3 Å². The fourth-order valence-corrected chi connectivity index (χ4v) is 2.03. The molecule has 0 aromatic heterocycles. The van der Waals surface area contributed by atoms with Gasteiger partial charge < -0.3 is 15.6 Å². The molecule has 0 aliphatic heterocycles. The van der Waals surface area contributed by atoms with Crippen LogP contribution in [0.5, 0.6) is 0 Å². The number of hydrogen-bond donors (Lipinski definition) is 2. The molecule has 1 atom stereocenters. The lowest BCUT2D eigenvalue weighted by Crippen LogP contribution is -2.18. The molecule has 1 aliphatic carbocycles. The van der Waals surface area contributed by atoms with E-state index in [4.69, 9.17) is 10.5 Å². The van der Waals surface area contributed by atoms with Crippen LogP contribution in [0.15, 0.2) is 24.3 Å². The summed E-state index contributed by atoms with van der Waals surface area (Å²) in [6.07, 6.45) is 1.46. The molecule has 0 radical (unpaired) electrons. The maximum Gasteiger partial charge on any atom is 0.0933 e. The van der Waals surface area contributed by atoms with Crippen LogP contribution in [0.4, 0.5) is 0 Å². The zero-order valence-corrected chi connectivity index (χ0v) is 8.94. The SMILES string of the molecule is COC1(c2ccccc2C(O)CN)CC1. The molecule has 1 unspecified atom stereocenters. The van der Waals surface area contributed by atoms with Gasteiger partial charge in [0, 0.05) is 13.7 Å². The summed E-state index contributed by atoms with van der Waals surface area (Å²) in [5.74, 6) is 0. The Morgan fingerprint density at radius 2 is 2.13 bits per heavy atom. The summed E-state index contributed by atoms with van der Waals surface area (Å²) < 4.78 is 5.52. The van der Waals surface area contributed by atoms with Gasteiger partial charge in [0.2, 0.25) is 0 Å². The van der Waals surface area contributed by atoms with Gasteiger partial charge >= 0.3 is 0 Å². The smallest absolute Gasteiger partial charge is 0.0933 e. The van der Waals surface area contributed by atoms with Crippen LogP contribution < -0.4 is 5.73 Å². The van der Waals surface area contributed by atoms with Crippen LogP contribution in [0.3, 0.4) is 0 Å². The van der Waals surface area contributed by atoms with Crippen LogP contribution in [0.2, 0.25) is 0 Å². The van der Waals surface area contributed by atoms with Crippen molar-refractivity contribution >= 4 is 0 Å². The van der Waals surface area contributed by atoms with Crippen molar-refractivity contribution < 1.29 is 9.84 Å². The van der Waals surface area contributed by atoms with Crippen LogP contribution in [0.25, 0.3) is 0 Å². The quantitative estimate of drug-likeness (QED) is 0.782. The predicted molar refractivity (Wildman–Crippen MR) is 58.4 cm³/mol. The first-order valence-electron chi connectivity index (χ1n) is 5.26. The van der Waals surface area contributed by atoms with Crippen molar-refractivity contribution in [2.45, 2.75) is 24.5 Å². The fourth-order valence-electron chi connectivity index (χ4n) is 2.03. The number of aliphatic hydroxyl groups is 1. The predicted octanol–water partition coefficient (Wildman–Crippen LogP) is 1.31. The molecule has 1 fully saturated rings. The van der Waals surface area contributed by atoms with Crippen LogP contribution in [-0.4, -0.2) is 18.8 Å². The Kier molecular flexibility index (Phi) is 2.78. The van der Waals surface area contributed by atoms with Crippen LogP contribution in [0, 0.1) is 0 Å². The molecule has 0 saturated heterocycles.